The van der Waals surface area contributed by atoms with Gasteiger partial charge in [-0.3, -0.25) is 5.10 Å². The Kier molecular flexibility index (Phi) is 6.30. The van der Waals surface area contributed by atoms with Gasteiger partial charge >= 0.3 is 5.97 Å². The number of nitrogens with one attached hydrogen (secondary N) is 1. The minimum absolute atomic E-state index is 0.0126. The third-order valence-corrected chi connectivity index (χ3v) is 4.91. The molecule has 0 spiro atoms. The van der Waals surface area contributed by atoms with Gasteiger partial charge in [-0.25, -0.2) is 9.78 Å². The third-order valence-electron chi connectivity index (χ3n) is 3.80. The lowest BCUT2D eigenvalue weighted by atomic mass is 10.2. The van der Waals surface area contributed by atoms with Gasteiger partial charge in [0.05, 0.1) is 19.8 Å². The van der Waals surface area contributed by atoms with Crippen molar-refractivity contribution in [3.05, 3.63) is 51.9 Å². The van der Waals surface area contributed by atoms with Crippen LogP contribution in [0.2, 0.25) is 5.02 Å². The molecule has 2 aromatic carbocycles. The molecule has 0 aliphatic rings. The van der Waals surface area contributed by atoms with E-state index >= 15 is 0 Å². The molecule has 1 heterocycles. The van der Waals surface area contributed by atoms with Gasteiger partial charge < -0.3 is 19.7 Å². The van der Waals surface area contributed by atoms with Gasteiger partial charge in [0.1, 0.15) is 10.7 Å². The fourth-order valence-electron chi connectivity index (χ4n) is 2.45. The second-order valence-corrected chi connectivity index (χ2v) is 7.10. The highest BCUT2D eigenvalue weighted by Gasteiger charge is 2.16. The topological polar surface area (TPSA) is 118 Å². The normalized spacial score (nSPS) is 11.3. The van der Waals surface area contributed by atoms with Gasteiger partial charge in [-0.2, -0.15) is 0 Å². The molecule has 10 heteroatoms. The molecule has 0 fully saturated rings. The van der Waals surface area contributed by atoms with E-state index in [0.29, 0.717) is 27.7 Å². The summed E-state index contributed by atoms with van der Waals surface area (Å²) >= 11 is 6.92. The molecule has 29 heavy (non-hydrogen) atoms. The maximum absolute atomic E-state index is 11.7. The molecule has 0 aliphatic carbocycles. The molecule has 0 radical (unpaired) electrons. The number of thioether (sulfide) groups is 1. The standard InChI is InChI=1S/C19H16ClN3O5S/c1-27-14-6-4-11(20)9-12(14)17-21-19(23-22-17)29-16(18(25)26)8-10-3-5-13(24)15(7-10)28-2/h3-9,24H,1-2H3,(H,25,26)(H,21,22,23)/b16-8-. The summed E-state index contributed by atoms with van der Waals surface area (Å²) in [6, 6.07) is 9.58. The summed E-state index contributed by atoms with van der Waals surface area (Å²) in [6.07, 6.45) is 1.44. The third kappa shape index (κ3) is 4.82. The highest BCUT2D eigenvalue weighted by atomic mass is 35.5. The number of methoxy groups -OCH3 is 2. The number of hydrogen-bond donors (Lipinski definition) is 3. The number of phenols is 1. The smallest absolute Gasteiger partial charge is 0.342 e. The van der Waals surface area contributed by atoms with Crippen molar-refractivity contribution in [1.29, 1.82) is 0 Å². The van der Waals surface area contributed by atoms with Gasteiger partial charge in [-0.05, 0) is 53.7 Å². The van der Waals surface area contributed by atoms with E-state index in [2.05, 4.69) is 15.2 Å². The maximum Gasteiger partial charge on any atom is 0.342 e. The van der Waals surface area contributed by atoms with E-state index in [0.717, 1.165) is 11.8 Å². The summed E-state index contributed by atoms with van der Waals surface area (Å²) in [5, 5.41) is 26.8. The Morgan fingerprint density at radius 3 is 2.62 bits per heavy atom. The average Bonchev–Trinajstić information content (AvgIpc) is 3.17. The number of phenolic OH excluding ortho intramolecular Hbond substituents is 1. The Balaban J connectivity index is 1.90. The first-order chi connectivity index (χ1) is 13.9. The number of H-pyrrole nitrogens is 1. The predicted molar refractivity (Wildman–Crippen MR) is 110 cm³/mol. The van der Waals surface area contributed by atoms with Crippen LogP contribution in [0.15, 0.2) is 46.5 Å². The van der Waals surface area contributed by atoms with Gasteiger partial charge in [-0.15, -0.1) is 5.10 Å². The summed E-state index contributed by atoms with van der Waals surface area (Å²) in [7, 11) is 2.94. The van der Waals surface area contributed by atoms with Crippen molar-refractivity contribution in [2.75, 3.05) is 14.2 Å². The van der Waals surface area contributed by atoms with Crippen LogP contribution in [-0.2, 0) is 4.79 Å². The zero-order chi connectivity index (χ0) is 21.0. The quantitative estimate of drug-likeness (QED) is 0.377. The van der Waals surface area contributed by atoms with E-state index in [1.54, 1.807) is 24.3 Å². The van der Waals surface area contributed by atoms with Gasteiger partial charge in [-0.1, -0.05) is 17.7 Å². The van der Waals surface area contributed by atoms with Crippen LogP contribution in [-0.4, -0.2) is 45.6 Å². The van der Waals surface area contributed by atoms with Crippen molar-refractivity contribution in [3.8, 4) is 28.6 Å². The van der Waals surface area contributed by atoms with E-state index in [1.807, 2.05) is 0 Å². The second kappa shape index (κ2) is 8.89. The molecule has 0 atom stereocenters. The Morgan fingerprint density at radius 2 is 1.93 bits per heavy atom. The van der Waals surface area contributed by atoms with Crippen LogP contribution in [0.3, 0.4) is 0 Å². The van der Waals surface area contributed by atoms with Gasteiger partial charge in [0.15, 0.2) is 17.3 Å². The number of halogens is 1. The van der Waals surface area contributed by atoms with Crippen molar-refractivity contribution in [1.82, 2.24) is 15.2 Å². The number of carbonyl (C=O) groups is 1. The van der Waals surface area contributed by atoms with Crippen LogP contribution >= 0.6 is 23.4 Å². The summed E-state index contributed by atoms with van der Waals surface area (Å²) in [6.45, 7) is 0. The molecule has 0 amide bonds. The van der Waals surface area contributed by atoms with Crippen molar-refractivity contribution < 1.29 is 24.5 Å². The number of aromatic nitrogens is 3. The van der Waals surface area contributed by atoms with Crippen LogP contribution in [0.1, 0.15) is 5.56 Å². The molecular weight excluding hydrogens is 418 g/mol. The predicted octanol–water partition coefficient (Wildman–Crippen LogP) is 4.07. The number of carboxylic acids is 1. The first-order valence-electron chi connectivity index (χ1n) is 8.17. The Hall–Kier alpha value is -3.17. The lowest BCUT2D eigenvalue weighted by Crippen LogP contribution is -1.97. The van der Waals surface area contributed by atoms with E-state index in [-0.39, 0.29) is 21.6 Å². The molecule has 3 N–H and O–H groups in total. The van der Waals surface area contributed by atoms with Crippen molar-refractivity contribution in [2.24, 2.45) is 0 Å². The van der Waals surface area contributed by atoms with Crippen molar-refractivity contribution >= 4 is 35.4 Å². The monoisotopic (exact) mass is 433 g/mol. The van der Waals surface area contributed by atoms with E-state index in [9.17, 15) is 15.0 Å². The van der Waals surface area contributed by atoms with E-state index in [4.69, 9.17) is 21.1 Å². The molecule has 8 nitrogen and oxygen atoms in total. The largest absolute Gasteiger partial charge is 0.504 e. The first kappa shape index (κ1) is 20.6. The van der Waals surface area contributed by atoms with E-state index < -0.39 is 5.97 Å². The van der Waals surface area contributed by atoms with E-state index in [1.165, 1.54) is 32.4 Å². The van der Waals surface area contributed by atoms with Gasteiger partial charge in [0, 0.05) is 5.02 Å². The van der Waals surface area contributed by atoms with Crippen LogP contribution in [0.4, 0.5) is 0 Å². The molecule has 3 rings (SSSR count). The SMILES string of the molecule is COc1cc(/C=C(\Sc2n[nH]c(-c3cc(Cl)ccc3OC)n2)C(=O)O)ccc1O. The van der Waals surface area contributed by atoms with Crippen molar-refractivity contribution in [3.63, 3.8) is 0 Å². The summed E-state index contributed by atoms with van der Waals surface area (Å²) in [5.41, 5.74) is 1.14. The maximum atomic E-state index is 11.7. The number of aromatic amines is 1. The lowest BCUT2D eigenvalue weighted by molar-refractivity contribution is -0.131. The number of ether oxygens (including phenoxy) is 2. The number of hydrogen-bond acceptors (Lipinski definition) is 7. The zero-order valence-corrected chi connectivity index (χ0v) is 16.9. The fourth-order valence-corrected chi connectivity index (χ4v) is 3.33. The molecule has 0 unspecified atom stereocenters. The molecule has 1 aromatic heterocycles. The zero-order valence-electron chi connectivity index (χ0n) is 15.3. The van der Waals surface area contributed by atoms with Crippen LogP contribution < -0.4 is 9.47 Å². The Bertz CT molecular complexity index is 1080. The molecule has 3 aromatic rings. The molecule has 0 saturated carbocycles. The minimum Gasteiger partial charge on any atom is -0.504 e. The summed E-state index contributed by atoms with van der Waals surface area (Å²) in [4.78, 5) is 16.0. The highest BCUT2D eigenvalue weighted by Crippen LogP contribution is 2.33. The summed E-state index contributed by atoms with van der Waals surface area (Å²) in [5.74, 6) is -0.00566. The number of aliphatic carboxylic acids is 1. The van der Waals surface area contributed by atoms with Crippen molar-refractivity contribution in [2.45, 2.75) is 5.16 Å². The highest BCUT2D eigenvalue weighted by molar-refractivity contribution is 8.04. The molecular formula is C19H16ClN3O5S. The number of rotatable bonds is 7. The second-order valence-electron chi connectivity index (χ2n) is 5.66. The molecule has 0 aliphatic heterocycles. The van der Waals surface area contributed by atoms with Gasteiger partial charge in [0.25, 0.3) is 0 Å². The lowest BCUT2D eigenvalue weighted by Gasteiger charge is -2.05. The van der Waals surface area contributed by atoms with Crippen LogP contribution in [0.25, 0.3) is 17.5 Å². The Morgan fingerprint density at radius 1 is 1.17 bits per heavy atom. The number of aromatic hydroxyl groups is 1. The average molecular weight is 434 g/mol. The number of carboxylic acid groups (broad SMARTS) is 1. The Labute approximate surface area is 175 Å². The van der Waals surface area contributed by atoms with Crippen LogP contribution in [0, 0.1) is 0 Å². The molecule has 0 bridgehead atoms. The number of nitrogens with zero attached hydrogens (tertiary/aromatic N) is 2. The minimum atomic E-state index is -1.14. The molecule has 0 saturated heterocycles. The summed E-state index contributed by atoms with van der Waals surface area (Å²) < 4.78 is 10.3. The molecule has 150 valence electrons. The van der Waals surface area contributed by atoms with Gasteiger partial charge in [0.2, 0.25) is 5.16 Å². The first-order valence-corrected chi connectivity index (χ1v) is 9.37. The fraction of sp³-hybridized carbons (Fsp3) is 0.105. The van der Waals surface area contributed by atoms with Crippen LogP contribution in [0.5, 0.6) is 17.2 Å². The number of benzene rings is 2.